The van der Waals surface area contributed by atoms with E-state index in [2.05, 4.69) is 11.0 Å². The van der Waals surface area contributed by atoms with Crippen molar-refractivity contribution in [3.8, 4) is 11.8 Å². The lowest BCUT2D eigenvalue weighted by molar-refractivity contribution is 0.100. The summed E-state index contributed by atoms with van der Waals surface area (Å²) in [5, 5.41) is 8.93. The Morgan fingerprint density at radius 1 is 1.40 bits per heavy atom. The van der Waals surface area contributed by atoms with Crippen LogP contribution in [0, 0.1) is 18.3 Å². The smallest absolute Gasteiger partial charge is 0.120 e. The van der Waals surface area contributed by atoms with Gasteiger partial charge in [-0.25, -0.2) is 0 Å². The largest absolute Gasteiger partial charge is 0.490 e. The maximum atomic E-state index is 8.93. The molecule has 1 aliphatic heterocycles. The molecule has 1 aromatic rings. The predicted molar refractivity (Wildman–Crippen MR) is 79.7 cm³/mol. The molecule has 1 heterocycles. The van der Waals surface area contributed by atoms with Crippen LogP contribution in [0.3, 0.4) is 0 Å². The molecule has 4 nitrogen and oxygen atoms in total. The average molecular weight is 273 g/mol. The normalized spacial score (nSPS) is 16.9. The minimum absolute atomic E-state index is 0.288. The third kappa shape index (κ3) is 3.96. The van der Waals surface area contributed by atoms with Gasteiger partial charge in [-0.3, -0.25) is 0 Å². The molecule has 4 heteroatoms. The predicted octanol–water partition coefficient (Wildman–Crippen LogP) is 2.06. The number of nitrogens with zero attached hydrogens (tertiary/aromatic N) is 2. The lowest BCUT2D eigenvalue weighted by Crippen LogP contribution is -2.39. The first kappa shape index (κ1) is 14.8. The first-order valence-corrected chi connectivity index (χ1v) is 7.32. The van der Waals surface area contributed by atoms with Crippen LogP contribution in [-0.4, -0.2) is 37.2 Å². The van der Waals surface area contributed by atoms with Crippen LogP contribution >= 0.6 is 0 Å². The van der Waals surface area contributed by atoms with Gasteiger partial charge in [0.2, 0.25) is 0 Å². The van der Waals surface area contributed by atoms with Crippen molar-refractivity contribution >= 4 is 0 Å². The first-order chi connectivity index (χ1) is 9.72. The van der Waals surface area contributed by atoms with Gasteiger partial charge in [-0.2, -0.15) is 5.26 Å². The van der Waals surface area contributed by atoms with Gasteiger partial charge in [0.15, 0.2) is 0 Å². The van der Waals surface area contributed by atoms with E-state index in [9.17, 15) is 0 Å². The monoisotopic (exact) mass is 273 g/mol. The van der Waals surface area contributed by atoms with E-state index >= 15 is 0 Å². The quantitative estimate of drug-likeness (QED) is 0.892. The van der Waals surface area contributed by atoms with E-state index in [4.69, 9.17) is 15.7 Å². The Morgan fingerprint density at radius 3 is 2.75 bits per heavy atom. The molecule has 0 spiro atoms. The number of nitriles is 1. The molecule has 0 aromatic heterocycles. The maximum absolute atomic E-state index is 8.93. The van der Waals surface area contributed by atoms with E-state index in [0.717, 1.165) is 56.8 Å². The number of rotatable bonds is 5. The number of likely N-dealkylation sites (tertiary alicyclic amines) is 1. The zero-order valence-corrected chi connectivity index (χ0v) is 12.1. The number of benzene rings is 1. The van der Waals surface area contributed by atoms with E-state index in [1.165, 1.54) is 0 Å². The molecule has 0 amide bonds. The van der Waals surface area contributed by atoms with Crippen molar-refractivity contribution in [3.63, 3.8) is 0 Å². The minimum Gasteiger partial charge on any atom is -0.490 e. The Hall–Kier alpha value is -1.57. The SMILES string of the molecule is Cc1cc(OC2CCN(CCCN)CC2)ccc1C#N. The Morgan fingerprint density at radius 2 is 2.15 bits per heavy atom. The molecule has 108 valence electrons. The fourth-order valence-electron chi connectivity index (χ4n) is 2.59. The molecule has 1 fully saturated rings. The third-order valence-corrected chi connectivity index (χ3v) is 3.83. The highest BCUT2D eigenvalue weighted by Crippen LogP contribution is 2.21. The summed E-state index contributed by atoms with van der Waals surface area (Å²) >= 11 is 0. The van der Waals surface area contributed by atoms with Crippen LogP contribution in [0.15, 0.2) is 18.2 Å². The minimum atomic E-state index is 0.288. The highest BCUT2D eigenvalue weighted by Gasteiger charge is 2.20. The first-order valence-electron chi connectivity index (χ1n) is 7.32. The van der Waals surface area contributed by atoms with Crippen molar-refractivity contribution in [1.29, 1.82) is 5.26 Å². The molecular weight excluding hydrogens is 250 g/mol. The maximum Gasteiger partial charge on any atom is 0.120 e. The van der Waals surface area contributed by atoms with Crippen LogP contribution in [0.25, 0.3) is 0 Å². The lowest BCUT2D eigenvalue weighted by Gasteiger charge is -2.32. The van der Waals surface area contributed by atoms with Crippen molar-refractivity contribution in [2.45, 2.75) is 32.3 Å². The van der Waals surface area contributed by atoms with E-state index in [1.807, 2.05) is 25.1 Å². The Bertz CT molecular complexity index is 473. The van der Waals surface area contributed by atoms with Crippen LogP contribution in [0.1, 0.15) is 30.4 Å². The fourth-order valence-corrected chi connectivity index (χ4v) is 2.59. The molecule has 1 aliphatic rings. The van der Waals surface area contributed by atoms with Crippen LogP contribution in [0.2, 0.25) is 0 Å². The Balaban J connectivity index is 1.83. The number of ether oxygens (including phenoxy) is 1. The summed E-state index contributed by atoms with van der Waals surface area (Å²) in [5.41, 5.74) is 7.23. The highest BCUT2D eigenvalue weighted by atomic mass is 16.5. The van der Waals surface area contributed by atoms with Crippen molar-refractivity contribution in [3.05, 3.63) is 29.3 Å². The molecule has 2 N–H and O–H groups in total. The molecule has 20 heavy (non-hydrogen) atoms. The number of piperidine rings is 1. The summed E-state index contributed by atoms with van der Waals surface area (Å²) in [5.74, 6) is 0.877. The molecule has 0 aliphatic carbocycles. The standard InChI is InChI=1S/C16H23N3O/c1-13-11-16(4-3-14(13)12-18)20-15-5-9-19(10-6-15)8-2-7-17/h3-4,11,15H,2,5-10,17H2,1H3. The van der Waals surface area contributed by atoms with Crippen molar-refractivity contribution < 1.29 is 4.74 Å². The van der Waals surface area contributed by atoms with Crippen LogP contribution in [0.4, 0.5) is 0 Å². The second-order valence-electron chi connectivity index (χ2n) is 5.39. The summed E-state index contributed by atoms with van der Waals surface area (Å²) in [6, 6.07) is 7.87. The molecule has 0 bridgehead atoms. The van der Waals surface area contributed by atoms with Gasteiger partial charge in [0.1, 0.15) is 11.9 Å². The number of aryl methyl sites for hydroxylation is 1. The number of nitrogens with two attached hydrogens (primary N) is 1. The highest BCUT2D eigenvalue weighted by molar-refractivity contribution is 5.41. The second-order valence-corrected chi connectivity index (χ2v) is 5.39. The van der Waals surface area contributed by atoms with E-state index < -0.39 is 0 Å². The Kier molecular flexibility index (Phi) is 5.40. The van der Waals surface area contributed by atoms with Crippen LogP contribution in [-0.2, 0) is 0 Å². The van der Waals surface area contributed by atoms with Gasteiger partial charge in [0.25, 0.3) is 0 Å². The fraction of sp³-hybridized carbons (Fsp3) is 0.562. The van der Waals surface area contributed by atoms with Gasteiger partial charge in [0.05, 0.1) is 11.6 Å². The summed E-state index contributed by atoms with van der Waals surface area (Å²) in [4.78, 5) is 2.46. The molecule has 0 unspecified atom stereocenters. The van der Waals surface area contributed by atoms with Gasteiger partial charge < -0.3 is 15.4 Å². The summed E-state index contributed by atoms with van der Waals surface area (Å²) < 4.78 is 6.03. The van der Waals surface area contributed by atoms with Gasteiger partial charge >= 0.3 is 0 Å². The molecule has 1 saturated heterocycles. The summed E-state index contributed by atoms with van der Waals surface area (Å²) in [6.07, 6.45) is 3.48. The van der Waals surface area contributed by atoms with Gasteiger partial charge in [-0.15, -0.1) is 0 Å². The number of hydrogen-bond acceptors (Lipinski definition) is 4. The number of hydrogen-bond donors (Lipinski definition) is 1. The van der Waals surface area contributed by atoms with Crippen molar-refractivity contribution in [1.82, 2.24) is 4.90 Å². The zero-order chi connectivity index (χ0) is 14.4. The van der Waals surface area contributed by atoms with E-state index in [0.29, 0.717) is 5.56 Å². The molecule has 1 aromatic carbocycles. The van der Waals surface area contributed by atoms with Crippen molar-refractivity contribution in [2.75, 3.05) is 26.2 Å². The van der Waals surface area contributed by atoms with Gasteiger partial charge in [-0.05, 0) is 63.0 Å². The third-order valence-electron chi connectivity index (χ3n) is 3.83. The topological polar surface area (TPSA) is 62.3 Å². The zero-order valence-electron chi connectivity index (χ0n) is 12.1. The Labute approximate surface area is 121 Å². The molecule has 0 radical (unpaired) electrons. The molecule has 0 saturated carbocycles. The van der Waals surface area contributed by atoms with Crippen molar-refractivity contribution in [2.24, 2.45) is 5.73 Å². The molecule has 0 atom stereocenters. The molecular formula is C16H23N3O. The van der Waals surface area contributed by atoms with E-state index in [1.54, 1.807) is 0 Å². The summed E-state index contributed by atoms with van der Waals surface area (Å²) in [7, 11) is 0. The average Bonchev–Trinajstić information content (AvgIpc) is 2.47. The van der Waals surface area contributed by atoms with Gasteiger partial charge in [0, 0.05) is 13.1 Å². The van der Waals surface area contributed by atoms with Crippen LogP contribution in [0.5, 0.6) is 5.75 Å². The second kappa shape index (κ2) is 7.28. The van der Waals surface area contributed by atoms with Crippen LogP contribution < -0.4 is 10.5 Å². The van der Waals surface area contributed by atoms with Gasteiger partial charge in [-0.1, -0.05) is 0 Å². The lowest BCUT2D eigenvalue weighted by atomic mass is 10.1. The van der Waals surface area contributed by atoms with E-state index in [-0.39, 0.29) is 6.10 Å². The summed E-state index contributed by atoms with van der Waals surface area (Å²) in [6.45, 7) is 5.97. The molecule has 2 rings (SSSR count).